The first-order valence-electron chi connectivity index (χ1n) is 8.99. The average Bonchev–Trinajstić information content (AvgIpc) is 3.24. The maximum Gasteiger partial charge on any atom is 0.266 e. The van der Waals surface area contributed by atoms with Crippen LogP contribution in [0.1, 0.15) is 73.6 Å². The fourth-order valence-corrected chi connectivity index (χ4v) is 4.86. The summed E-state index contributed by atoms with van der Waals surface area (Å²) in [6, 6.07) is 0.952. The Hall–Kier alpha value is -1.76. The van der Waals surface area contributed by atoms with Crippen molar-refractivity contribution in [2.75, 3.05) is 0 Å². The highest BCUT2D eigenvalue weighted by Crippen LogP contribution is 2.42. The fourth-order valence-electron chi connectivity index (χ4n) is 4.12. The van der Waals surface area contributed by atoms with E-state index in [4.69, 9.17) is 0 Å². The van der Waals surface area contributed by atoms with Gasteiger partial charge in [-0.25, -0.2) is 9.67 Å². The molecule has 134 valence electrons. The van der Waals surface area contributed by atoms with Gasteiger partial charge in [0.25, 0.3) is 5.91 Å². The molecule has 2 saturated heterocycles. The van der Waals surface area contributed by atoms with Crippen molar-refractivity contribution in [1.29, 1.82) is 0 Å². The second-order valence-corrected chi connectivity index (χ2v) is 9.18. The Labute approximate surface area is 152 Å². The molecule has 2 unspecified atom stereocenters. The first kappa shape index (κ1) is 16.7. The van der Waals surface area contributed by atoms with E-state index in [1.807, 2.05) is 11.6 Å². The largest absolute Gasteiger partial charge is 0.332 e. The third-order valence-electron chi connectivity index (χ3n) is 5.54. The van der Waals surface area contributed by atoms with Gasteiger partial charge >= 0.3 is 0 Å². The number of nitrogens with zero attached hydrogens (tertiary/aromatic N) is 5. The summed E-state index contributed by atoms with van der Waals surface area (Å²) >= 11 is 1.46. The second kappa shape index (κ2) is 5.90. The van der Waals surface area contributed by atoms with Crippen LogP contribution in [0.15, 0.2) is 11.7 Å². The summed E-state index contributed by atoms with van der Waals surface area (Å²) in [5.74, 6) is 0.167. The summed E-state index contributed by atoms with van der Waals surface area (Å²) in [6.45, 7) is 8.39. The SMILES string of the molecule is Cc1ncsc1C(=O)N1C2CCC1CC(n1cc(C(C)(C)C)nn1)C2. The molecule has 2 fully saturated rings. The van der Waals surface area contributed by atoms with Gasteiger partial charge in [0.2, 0.25) is 0 Å². The van der Waals surface area contributed by atoms with Crippen LogP contribution >= 0.6 is 11.3 Å². The summed E-state index contributed by atoms with van der Waals surface area (Å²) in [7, 11) is 0. The highest BCUT2D eigenvalue weighted by atomic mass is 32.1. The van der Waals surface area contributed by atoms with E-state index in [1.54, 1.807) is 5.51 Å². The summed E-state index contributed by atoms with van der Waals surface area (Å²) in [5.41, 5.74) is 3.65. The minimum atomic E-state index is 0.0115. The summed E-state index contributed by atoms with van der Waals surface area (Å²) < 4.78 is 2.03. The number of piperidine rings is 1. The Morgan fingerprint density at radius 1 is 1.20 bits per heavy atom. The number of aryl methyl sites for hydroxylation is 1. The minimum absolute atomic E-state index is 0.0115. The number of aromatic nitrogens is 4. The van der Waals surface area contributed by atoms with Crippen LogP contribution in [0.4, 0.5) is 0 Å². The number of hydrogen-bond acceptors (Lipinski definition) is 5. The van der Waals surface area contributed by atoms with Gasteiger partial charge in [0, 0.05) is 23.7 Å². The molecule has 2 aliphatic heterocycles. The average molecular weight is 359 g/mol. The monoisotopic (exact) mass is 359 g/mol. The summed E-state index contributed by atoms with van der Waals surface area (Å²) in [5, 5.41) is 8.76. The van der Waals surface area contributed by atoms with Gasteiger partial charge < -0.3 is 4.90 Å². The molecule has 2 aromatic heterocycles. The Balaban J connectivity index is 1.53. The van der Waals surface area contributed by atoms with Crippen molar-refractivity contribution >= 4 is 17.2 Å². The third kappa shape index (κ3) is 2.88. The van der Waals surface area contributed by atoms with Crippen LogP contribution in [0.25, 0.3) is 0 Å². The maximum atomic E-state index is 13.0. The standard InChI is InChI=1S/C18H25N5OS/c1-11-16(25-10-19-11)17(24)23-12-5-6-13(23)8-14(7-12)22-9-15(20-21-22)18(2,3)4/h9-10,12-14H,5-8H2,1-4H3. The normalized spacial score (nSPS) is 26.2. The fraction of sp³-hybridized carbons (Fsp3) is 0.667. The van der Waals surface area contributed by atoms with Gasteiger partial charge in [0.15, 0.2) is 0 Å². The summed E-state index contributed by atoms with van der Waals surface area (Å²) in [6.07, 6.45) is 6.20. The first-order valence-corrected chi connectivity index (χ1v) is 9.87. The molecule has 2 bridgehead atoms. The van der Waals surface area contributed by atoms with Gasteiger partial charge in [-0.15, -0.1) is 16.4 Å². The third-order valence-corrected chi connectivity index (χ3v) is 6.45. The van der Waals surface area contributed by atoms with E-state index in [-0.39, 0.29) is 11.3 Å². The maximum absolute atomic E-state index is 13.0. The molecule has 6 nitrogen and oxygen atoms in total. The van der Waals surface area contributed by atoms with Crippen LogP contribution in [-0.2, 0) is 5.41 Å². The number of hydrogen-bond donors (Lipinski definition) is 0. The number of carbonyl (C=O) groups is 1. The van der Waals surface area contributed by atoms with E-state index >= 15 is 0 Å². The molecule has 0 spiro atoms. The molecular weight excluding hydrogens is 334 g/mol. The number of rotatable bonds is 2. The van der Waals surface area contributed by atoms with Crippen LogP contribution in [0.3, 0.4) is 0 Å². The molecule has 0 saturated carbocycles. The van der Waals surface area contributed by atoms with Gasteiger partial charge in [0.1, 0.15) is 4.88 Å². The Morgan fingerprint density at radius 3 is 2.40 bits per heavy atom. The molecule has 1 amide bonds. The first-order chi connectivity index (χ1) is 11.8. The highest BCUT2D eigenvalue weighted by molar-refractivity contribution is 7.11. The Kier molecular flexibility index (Phi) is 3.94. The van der Waals surface area contributed by atoms with E-state index in [1.165, 1.54) is 11.3 Å². The quantitative estimate of drug-likeness (QED) is 0.825. The molecule has 2 aliphatic rings. The molecular formula is C18H25N5OS. The summed E-state index contributed by atoms with van der Waals surface area (Å²) in [4.78, 5) is 20.1. The van der Waals surface area contributed by atoms with Crippen molar-refractivity contribution in [3.63, 3.8) is 0 Å². The van der Waals surface area contributed by atoms with E-state index in [0.717, 1.165) is 41.9 Å². The van der Waals surface area contributed by atoms with Gasteiger partial charge in [-0.05, 0) is 32.6 Å². The lowest BCUT2D eigenvalue weighted by Gasteiger charge is -2.38. The van der Waals surface area contributed by atoms with Crippen LogP contribution in [0, 0.1) is 6.92 Å². The molecule has 4 rings (SSSR count). The highest BCUT2D eigenvalue weighted by Gasteiger charge is 2.45. The Morgan fingerprint density at radius 2 is 1.88 bits per heavy atom. The van der Waals surface area contributed by atoms with E-state index in [9.17, 15) is 4.79 Å². The predicted molar refractivity (Wildman–Crippen MR) is 96.8 cm³/mol. The van der Waals surface area contributed by atoms with Gasteiger partial charge in [-0.3, -0.25) is 4.79 Å². The lowest BCUT2D eigenvalue weighted by atomic mass is 9.93. The lowest BCUT2D eigenvalue weighted by Crippen LogP contribution is -2.47. The zero-order chi connectivity index (χ0) is 17.8. The van der Waals surface area contributed by atoms with Crippen molar-refractivity contribution in [2.45, 2.75) is 76.9 Å². The van der Waals surface area contributed by atoms with Crippen LogP contribution in [0.2, 0.25) is 0 Å². The number of amides is 1. The molecule has 0 aliphatic carbocycles. The number of carbonyl (C=O) groups excluding carboxylic acids is 1. The zero-order valence-corrected chi connectivity index (χ0v) is 16.1. The molecule has 2 atom stereocenters. The van der Waals surface area contributed by atoms with E-state index in [2.05, 4.69) is 47.2 Å². The molecule has 25 heavy (non-hydrogen) atoms. The molecule has 0 aromatic carbocycles. The van der Waals surface area contributed by atoms with Crippen LogP contribution in [-0.4, -0.2) is 42.9 Å². The molecule has 0 N–H and O–H groups in total. The molecule has 2 aromatic rings. The van der Waals surface area contributed by atoms with Crippen molar-refractivity contribution < 1.29 is 4.79 Å². The zero-order valence-electron chi connectivity index (χ0n) is 15.3. The van der Waals surface area contributed by atoms with Gasteiger partial charge in [-0.1, -0.05) is 26.0 Å². The lowest BCUT2D eigenvalue weighted by molar-refractivity contribution is 0.0527. The van der Waals surface area contributed by atoms with Crippen LogP contribution < -0.4 is 0 Å². The topological polar surface area (TPSA) is 63.9 Å². The molecule has 7 heteroatoms. The van der Waals surface area contributed by atoms with Crippen LogP contribution in [0.5, 0.6) is 0 Å². The number of fused-ring (bicyclic) bond motifs is 2. The van der Waals surface area contributed by atoms with E-state index in [0.29, 0.717) is 18.1 Å². The Bertz CT molecular complexity index is 775. The van der Waals surface area contributed by atoms with E-state index < -0.39 is 0 Å². The van der Waals surface area contributed by atoms with Crippen molar-refractivity contribution in [2.24, 2.45) is 0 Å². The van der Waals surface area contributed by atoms with Crippen molar-refractivity contribution in [3.8, 4) is 0 Å². The van der Waals surface area contributed by atoms with Crippen molar-refractivity contribution in [3.05, 3.63) is 28.0 Å². The molecule has 0 radical (unpaired) electrons. The minimum Gasteiger partial charge on any atom is -0.332 e. The second-order valence-electron chi connectivity index (χ2n) is 8.32. The van der Waals surface area contributed by atoms with Gasteiger partial charge in [0.05, 0.1) is 22.9 Å². The smallest absolute Gasteiger partial charge is 0.266 e. The number of thiazole rings is 1. The van der Waals surface area contributed by atoms with Gasteiger partial charge in [-0.2, -0.15) is 0 Å². The van der Waals surface area contributed by atoms with Crippen molar-refractivity contribution in [1.82, 2.24) is 24.9 Å². The predicted octanol–water partition coefficient (Wildman–Crippen LogP) is 3.35. The molecule has 4 heterocycles.